The van der Waals surface area contributed by atoms with Crippen molar-refractivity contribution < 1.29 is 35.1 Å². The van der Waals surface area contributed by atoms with Gasteiger partial charge >= 0.3 is 0 Å². The number of halogens is 16. The minimum Gasteiger partial charge on any atom is -0.207 e. The molecule has 384 valence electrons. The van der Waals surface area contributed by atoms with Crippen molar-refractivity contribution in [3.8, 4) is 0 Å². The summed E-state index contributed by atoms with van der Waals surface area (Å²) >= 11 is 25.4. The molecule has 72 heavy (non-hydrogen) atoms. The summed E-state index contributed by atoms with van der Waals surface area (Å²) in [6, 6.07) is 38.8. The van der Waals surface area contributed by atoms with Gasteiger partial charge in [-0.05, 0) is 241 Å². The molecule has 0 aliphatic carbocycles. The Morgan fingerprint density at radius 2 is 0.819 bits per heavy atom. The van der Waals surface area contributed by atoms with Crippen molar-refractivity contribution in [2.24, 2.45) is 0 Å². The van der Waals surface area contributed by atoms with Gasteiger partial charge in [-0.25, -0.2) is 35.1 Å². The number of aryl methyl sites for hydroxylation is 7. The maximum Gasteiger partial charge on any atom is 0.137 e. The van der Waals surface area contributed by atoms with Gasteiger partial charge in [-0.15, -0.1) is 0 Å². The highest BCUT2D eigenvalue weighted by molar-refractivity contribution is 9.11. The van der Waals surface area contributed by atoms with Crippen LogP contribution in [-0.2, 0) is 0 Å². The van der Waals surface area contributed by atoms with E-state index in [0.29, 0.717) is 25.6 Å². The Balaban J connectivity index is 0.000000411. The summed E-state index contributed by atoms with van der Waals surface area (Å²) < 4.78 is 106. The molecule has 0 aliphatic heterocycles. The van der Waals surface area contributed by atoms with Crippen molar-refractivity contribution in [3.63, 3.8) is 0 Å². The van der Waals surface area contributed by atoms with Gasteiger partial charge in [0.1, 0.15) is 46.5 Å². The maximum atomic E-state index is 12.5. The van der Waals surface area contributed by atoms with Crippen LogP contribution in [0.5, 0.6) is 0 Å². The van der Waals surface area contributed by atoms with Crippen LogP contribution in [0.4, 0.5) is 35.1 Å². The summed E-state index contributed by atoms with van der Waals surface area (Å²) in [4.78, 5) is 0. The first-order valence-electron chi connectivity index (χ1n) is 20.9. The van der Waals surface area contributed by atoms with Crippen LogP contribution in [-0.4, -0.2) is 0 Å². The van der Waals surface area contributed by atoms with E-state index in [1.54, 1.807) is 75.4 Å². The predicted molar refractivity (Wildman–Crippen MR) is 311 cm³/mol. The van der Waals surface area contributed by atoms with Crippen LogP contribution < -0.4 is 0 Å². The molecule has 0 bridgehead atoms. The van der Waals surface area contributed by atoms with E-state index in [1.165, 1.54) is 66.7 Å². The lowest BCUT2D eigenvalue weighted by Gasteiger charge is -1.95. The van der Waals surface area contributed by atoms with Crippen molar-refractivity contribution in [2.75, 3.05) is 0 Å². The molecule has 0 amide bonds. The highest BCUT2D eigenvalue weighted by Crippen LogP contribution is 2.21. The van der Waals surface area contributed by atoms with E-state index in [1.807, 2.05) is 58.9 Å². The number of hydrogen-bond donors (Lipinski definition) is 0. The van der Waals surface area contributed by atoms with Crippen LogP contribution in [0.15, 0.2) is 181 Å². The van der Waals surface area contributed by atoms with Gasteiger partial charge < -0.3 is 0 Å². The van der Waals surface area contributed by atoms with Gasteiger partial charge in [-0.3, -0.25) is 0 Å². The molecule has 0 radical (unpaired) electrons. The lowest BCUT2D eigenvalue weighted by Crippen LogP contribution is -1.80. The van der Waals surface area contributed by atoms with E-state index < -0.39 is 0 Å². The molecule has 0 nitrogen and oxygen atoms in total. The van der Waals surface area contributed by atoms with E-state index in [9.17, 15) is 35.1 Å². The predicted octanol–water partition coefficient (Wildman–Crippen LogP) is 23.2. The molecule has 0 unspecified atom stereocenters. The van der Waals surface area contributed by atoms with Crippen LogP contribution in [0.1, 0.15) is 44.5 Å². The van der Waals surface area contributed by atoms with Crippen LogP contribution in [0.2, 0.25) is 0 Å². The fraction of sp³-hybridized carbons (Fsp3) is 0.143. The summed E-state index contributed by atoms with van der Waals surface area (Å²) in [5.74, 6) is -1.47. The van der Waals surface area contributed by atoms with Crippen molar-refractivity contribution >= 4 is 127 Å². The largest absolute Gasteiger partial charge is 0.207 e. The Morgan fingerprint density at radius 3 is 1.26 bits per heavy atom. The fourth-order valence-electron chi connectivity index (χ4n) is 4.84. The van der Waals surface area contributed by atoms with E-state index >= 15 is 0 Å². The molecule has 0 fully saturated rings. The number of hydrogen-bond acceptors (Lipinski definition) is 0. The average Bonchev–Trinajstić information content (AvgIpc) is 3.30. The van der Waals surface area contributed by atoms with Gasteiger partial charge in [0, 0.05) is 26.8 Å². The highest BCUT2D eigenvalue weighted by Gasteiger charge is 2.01. The lowest BCUT2D eigenvalue weighted by atomic mass is 10.2. The molecule has 0 saturated heterocycles. The van der Waals surface area contributed by atoms with E-state index in [4.69, 9.17) is 0 Å². The topological polar surface area (TPSA) is 0 Å². The molecule has 0 aliphatic rings. The molecule has 0 atom stereocenters. The molecular weight excluding hydrogens is 1460 g/mol. The normalized spacial score (nSPS) is 9.67. The molecule has 8 aromatic rings. The Bertz CT molecular complexity index is 2520. The zero-order valence-corrected chi connectivity index (χ0v) is 52.6. The third-order valence-corrected chi connectivity index (χ3v) is 14.6. The lowest BCUT2D eigenvalue weighted by molar-refractivity contribution is 0.617. The van der Waals surface area contributed by atoms with Gasteiger partial charge in [-0.2, -0.15) is 0 Å². The SMILES string of the molecule is Cc1c(F)cccc1Br.Cc1cc(Br)ccc1F.Cc1cc(F)cc(Br)c1.Cc1cc(F)ccc1Br.Cc1ccc(Br)cc1F.Cc1ccc(F)c(Br)c1.Cc1ccc(F)cc1Br.Cc1cccc(F)c1Br. The molecule has 16 heteroatoms. The number of rotatable bonds is 0. The number of benzene rings is 8. The van der Waals surface area contributed by atoms with Gasteiger partial charge in [0.05, 0.1) is 8.95 Å². The van der Waals surface area contributed by atoms with Crippen LogP contribution in [0.25, 0.3) is 0 Å². The maximum absolute atomic E-state index is 12.5. The van der Waals surface area contributed by atoms with Crippen molar-refractivity contribution in [2.45, 2.75) is 55.4 Å². The summed E-state index contributed by atoms with van der Waals surface area (Å²) in [5.41, 5.74) is 6.91. The second-order valence-electron chi connectivity index (χ2n) is 15.2. The minimum atomic E-state index is -0.208. The van der Waals surface area contributed by atoms with E-state index in [0.717, 1.165) is 54.7 Å². The molecule has 0 saturated carbocycles. The minimum absolute atomic E-state index is 0.154. The Hall–Kier alpha value is -2.96. The van der Waals surface area contributed by atoms with E-state index in [2.05, 4.69) is 127 Å². The van der Waals surface area contributed by atoms with Gasteiger partial charge in [-0.1, -0.05) is 132 Å². The molecule has 0 heterocycles. The zero-order chi connectivity index (χ0) is 54.8. The fourth-order valence-corrected chi connectivity index (χ4v) is 7.92. The van der Waals surface area contributed by atoms with Crippen molar-refractivity contribution in [3.05, 3.63) is 272 Å². The van der Waals surface area contributed by atoms with Crippen molar-refractivity contribution in [1.82, 2.24) is 0 Å². The molecule has 0 spiro atoms. The third kappa shape index (κ3) is 28.1. The molecule has 0 N–H and O–H groups in total. The molecule has 8 rings (SSSR count). The van der Waals surface area contributed by atoms with Gasteiger partial charge in [0.15, 0.2) is 0 Å². The first-order chi connectivity index (χ1) is 33.6. The summed E-state index contributed by atoms with van der Waals surface area (Å²) in [7, 11) is 0. The van der Waals surface area contributed by atoms with Gasteiger partial charge in [0.2, 0.25) is 0 Å². The summed E-state index contributed by atoms with van der Waals surface area (Å²) in [5, 5.41) is 0. The Labute approximate surface area is 485 Å². The van der Waals surface area contributed by atoms with E-state index in [-0.39, 0.29) is 46.5 Å². The second kappa shape index (κ2) is 35.3. The quantitative estimate of drug-likeness (QED) is 0.133. The standard InChI is InChI=1S/8C7H6BrF/c1-5-2-6(8)4-7(9)3-5;1-5-4-6(9)2-3-7(5)8;1-5-4-6(8)2-3-7(5)9;1-5-2-3-6(9)4-7(5)8;1-5-2-3-6(8)4-7(5)9;1-5-2-3-7(9)6(8)4-5;1-5-6(8)3-2-4-7(5)9;1-5-3-2-4-6(9)7(5)8/h8*2-4H,1H3. The molecular formula is C56H48Br8F8. The highest BCUT2D eigenvalue weighted by atomic mass is 79.9. The van der Waals surface area contributed by atoms with Crippen LogP contribution >= 0.6 is 127 Å². The van der Waals surface area contributed by atoms with Gasteiger partial charge in [0.25, 0.3) is 0 Å². The van der Waals surface area contributed by atoms with Crippen molar-refractivity contribution in [1.29, 1.82) is 0 Å². The average molecular weight is 1510 g/mol. The van der Waals surface area contributed by atoms with Crippen LogP contribution in [0.3, 0.4) is 0 Å². The second-order valence-corrected chi connectivity index (χ2v) is 22.1. The smallest absolute Gasteiger partial charge is 0.137 e. The molecule has 8 aromatic carbocycles. The summed E-state index contributed by atoms with van der Waals surface area (Å²) in [6.45, 7) is 14.6. The first kappa shape index (κ1) is 67.1. The molecule has 0 aromatic heterocycles. The Morgan fingerprint density at radius 1 is 0.264 bits per heavy atom. The zero-order valence-electron chi connectivity index (χ0n) is 39.9. The van der Waals surface area contributed by atoms with Crippen LogP contribution in [0, 0.1) is 102 Å². The summed E-state index contributed by atoms with van der Waals surface area (Å²) in [6.07, 6.45) is 0. The third-order valence-electron chi connectivity index (χ3n) is 8.94. The monoisotopic (exact) mass is 1500 g/mol. The Kier molecular flexibility index (Phi) is 32.9. The first-order valence-corrected chi connectivity index (χ1v) is 27.3.